The number of ether oxygens (including phenoxy) is 1. The molecule has 0 radical (unpaired) electrons. The molecule has 0 saturated carbocycles. The van der Waals surface area contributed by atoms with Crippen LogP contribution in [0, 0.1) is 6.92 Å². The molecular formula is C20H29NOS. The van der Waals surface area contributed by atoms with Crippen LogP contribution in [0.25, 0.3) is 10.9 Å². The zero-order chi connectivity index (χ0) is 16.3. The van der Waals surface area contributed by atoms with Crippen molar-refractivity contribution in [2.24, 2.45) is 0 Å². The zero-order valence-electron chi connectivity index (χ0n) is 14.3. The van der Waals surface area contributed by atoms with Gasteiger partial charge in [0.15, 0.2) is 0 Å². The predicted octanol–water partition coefficient (Wildman–Crippen LogP) is 5.97. The number of rotatable bonds is 11. The van der Waals surface area contributed by atoms with Crippen molar-refractivity contribution in [1.82, 2.24) is 4.98 Å². The number of aryl methyl sites for hydroxylation is 1. The van der Waals surface area contributed by atoms with E-state index < -0.39 is 0 Å². The molecule has 0 aliphatic carbocycles. The Hall–Kier alpha value is -1.22. The first-order chi connectivity index (χ1) is 11.3. The summed E-state index contributed by atoms with van der Waals surface area (Å²) in [4.78, 5) is 4.61. The fraction of sp³-hybridized carbons (Fsp3) is 0.550. The Labute approximate surface area is 146 Å². The molecule has 0 saturated heterocycles. The molecule has 1 heterocycles. The molecule has 0 amide bonds. The van der Waals surface area contributed by atoms with Crippen LogP contribution in [-0.2, 0) is 0 Å². The summed E-state index contributed by atoms with van der Waals surface area (Å²) >= 11 is 4.24. The average Bonchev–Trinajstić information content (AvgIpc) is 2.57. The molecule has 126 valence electrons. The molecule has 0 atom stereocenters. The molecule has 2 aromatic rings. The van der Waals surface area contributed by atoms with Gasteiger partial charge in [0.25, 0.3) is 0 Å². The number of nitrogens with zero attached hydrogens (tertiary/aromatic N) is 1. The summed E-state index contributed by atoms with van der Waals surface area (Å²) in [5.74, 6) is 1.94. The maximum atomic E-state index is 5.96. The van der Waals surface area contributed by atoms with Crippen molar-refractivity contribution in [2.45, 2.75) is 58.3 Å². The van der Waals surface area contributed by atoms with Crippen LogP contribution in [0.1, 0.15) is 57.1 Å². The number of pyridine rings is 1. The second-order valence-electron chi connectivity index (χ2n) is 6.18. The number of fused-ring (bicyclic) bond motifs is 1. The maximum Gasteiger partial charge on any atom is 0.145 e. The van der Waals surface area contributed by atoms with Crippen LogP contribution < -0.4 is 4.74 Å². The van der Waals surface area contributed by atoms with Crippen molar-refractivity contribution < 1.29 is 4.74 Å². The molecule has 23 heavy (non-hydrogen) atoms. The van der Waals surface area contributed by atoms with Gasteiger partial charge in [-0.25, -0.2) is 4.98 Å². The topological polar surface area (TPSA) is 22.1 Å². The second-order valence-corrected chi connectivity index (χ2v) is 6.63. The fourth-order valence-electron chi connectivity index (χ4n) is 2.79. The molecule has 3 heteroatoms. The molecule has 0 spiro atoms. The van der Waals surface area contributed by atoms with Crippen LogP contribution in [-0.4, -0.2) is 17.3 Å². The van der Waals surface area contributed by atoms with E-state index in [9.17, 15) is 0 Å². The summed E-state index contributed by atoms with van der Waals surface area (Å²) in [5, 5.41) is 1.15. The van der Waals surface area contributed by atoms with Gasteiger partial charge < -0.3 is 4.74 Å². The molecular weight excluding hydrogens is 302 g/mol. The predicted molar refractivity (Wildman–Crippen MR) is 103 cm³/mol. The summed E-state index contributed by atoms with van der Waals surface area (Å²) < 4.78 is 5.96. The van der Waals surface area contributed by atoms with Crippen molar-refractivity contribution in [3.63, 3.8) is 0 Å². The van der Waals surface area contributed by atoms with E-state index in [1.807, 2.05) is 25.1 Å². The van der Waals surface area contributed by atoms with Crippen molar-refractivity contribution in [3.05, 3.63) is 36.0 Å². The van der Waals surface area contributed by atoms with E-state index in [0.29, 0.717) is 0 Å². The molecule has 2 rings (SSSR count). The molecule has 2 nitrogen and oxygen atoms in total. The third kappa shape index (κ3) is 6.42. The average molecular weight is 332 g/mol. The van der Waals surface area contributed by atoms with Gasteiger partial charge in [-0.15, -0.1) is 0 Å². The highest BCUT2D eigenvalue weighted by Gasteiger charge is 2.03. The lowest BCUT2D eigenvalue weighted by Gasteiger charge is -2.09. The van der Waals surface area contributed by atoms with Crippen molar-refractivity contribution in [3.8, 4) is 5.75 Å². The van der Waals surface area contributed by atoms with Crippen LogP contribution in [0.5, 0.6) is 5.75 Å². The number of para-hydroxylation sites is 1. The first-order valence-corrected chi connectivity index (χ1v) is 9.54. The van der Waals surface area contributed by atoms with Crippen LogP contribution in [0.4, 0.5) is 0 Å². The van der Waals surface area contributed by atoms with Gasteiger partial charge in [0, 0.05) is 11.1 Å². The monoisotopic (exact) mass is 331 g/mol. The van der Waals surface area contributed by atoms with E-state index in [4.69, 9.17) is 4.74 Å². The number of aromatic nitrogens is 1. The summed E-state index contributed by atoms with van der Waals surface area (Å²) in [6, 6.07) is 10.3. The minimum absolute atomic E-state index is 0.786. The van der Waals surface area contributed by atoms with E-state index >= 15 is 0 Å². The number of hydrogen-bond acceptors (Lipinski definition) is 3. The third-order valence-electron chi connectivity index (χ3n) is 4.13. The van der Waals surface area contributed by atoms with Gasteiger partial charge in [-0.1, -0.05) is 56.7 Å². The van der Waals surface area contributed by atoms with Crippen molar-refractivity contribution >= 4 is 23.5 Å². The molecule has 0 aliphatic heterocycles. The summed E-state index contributed by atoms with van der Waals surface area (Å²) in [7, 11) is 0. The van der Waals surface area contributed by atoms with E-state index in [1.165, 1.54) is 44.9 Å². The lowest BCUT2D eigenvalue weighted by molar-refractivity contribution is 0.307. The largest absolute Gasteiger partial charge is 0.491 e. The van der Waals surface area contributed by atoms with Gasteiger partial charge in [0.05, 0.1) is 6.61 Å². The Kier molecular flexibility index (Phi) is 8.30. The summed E-state index contributed by atoms with van der Waals surface area (Å²) in [6.07, 6.45) is 10.4. The summed E-state index contributed by atoms with van der Waals surface area (Å²) in [6.45, 7) is 2.81. The van der Waals surface area contributed by atoms with E-state index in [-0.39, 0.29) is 0 Å². The van der Waals surface area contributed by atoms with Gasteiger partial charge in [-0.05, 0) is 37.7 Å². The lowest BCUT2D eigenvalue weighted by Crippen LogP contribution is -1.99. The zero-order valence-corrected chi connectivity index (χ0v) is 15.2. The molecule has 0 aliphatic rings. The fourth-order valence-corrected chi connectivity index (χ4v) is 3.01. The van der Waals surface area contributed by atoms with E-state index in [0.717, 1.165) is 41.1 Å². The Morgan fingerprint density at radius 3 is 2.30 bits per heavy atom. The smallest absolute Gasteiger partial charge is 0.145 e. The van der Waals surface area contributed by atoms with Gasteiger partial charge in [0.1, 0.15) is 11.3 Å². The van der Waals surface area contributed by atoms with E-state index in [2.05, 4.69) is 29.7 Å². The molecule has 1 aromatic carbocycles. The Bertz CT molecular complexity index is 585. The van der Waals surface area contributed by atoms with Crippen LogP contribution in [0.2, 0.25) is 0 Å². The Balaban J connectivity index is 1.64. The van der Waals surface area contributed by atoms with Crippen molar-refractivity contribution in [1.29, 1.82) is 0 Å². The third-order valence-corrected chi connectivity index (χ3v) is 4.45. The Morgan fingerprint density at radius 2 is 1.57 bits per heavy atom. The molecule has 0 bridgehead atoms. The van der Waals surface area contributed by atoms with Crippen LogP contribution >= 0.6 is 12.6 Å². The highest BCUT2D eigenvalue weighted by molar-refractivity contribution is 7.80. The van der Waals surface area contributed by atoms with Crippen molar-refractivity contribution in [2.75, 3.05) is 12.4 Å². The molecule has 0 unspecified atom stereocenters. The van der Waals surface area contributed by atoms with Gasteiger partial charge in [-0.3, -0.25) is 0 Å². The number of hydrogen-bond donors (Lipinski definition) is 1. The number of benzene rings is 1. The first kappa shape index (κ1) is 18.1. The minimum atomic E-state index is 0.786. The normalized spacial score (nSPS) is 11.0. The van der Waals surface area contributed by atoms with Gasteiger partial charge in [0.2, 0.25) is 0 Å². The highest BCUT2D eigenvalue weighted by atomic mass is 32.1. The highest BCUT2D eigenvalue weighted by Crippen LogP contribution is 2.24. The SMILES string of the molecule is Cc1ccc2cccc(OCCCCCCCCCCS)c2n1. The van der Waals surface area contributed by atoms with Gasteiger partial charge >= 0.3 is 0 Å². The molecule has 1 aromatic heterocycles. The molecule has 0 fully saturated rings. The number of thiol groups is 1. The van der Waals surface area contributed by atoms with Crippen LogP contribution in [0.15, 0.2) is 30.3 Å². The molecule has 0 N–H and O–H groups in total. The first-order valence-electron chi connectivity index (χ1n) is 8.91. The standard InChI is InChI=1S/C20H29NOS/c1-17-13-14-18-11-10-12-19(20(18)21-17)22-15-8-6-4-2-3-5-7-9-16-23/h10-14,23H,2-9,15-16H2,1H3. The minimum Gasteiger partial charge on any atom is -0.491 e. The number of unbranched alkanes of at least 4 members (excludes halogenated alkanes) is 7. The summed E-state index contributed by atoms with van der Waals surface area (Å²) in [5.41, 5.74) is 2.02. The maximum absolute atomic E-state index is 5.96. The Morgan fingerprint density at radius 1 is 0.870 bits per heavy atom. The van der Waals surface area contributed by atoms with Crippen LogP contribution in [0.3, 0.4) is 0 Å². The second kappa shape index (κ2) is 10.5. The quantitative estimate of drug-likeness (QED) is 0.404. The lowest BCUT2D eigenvalue weighted by atomic mass is 10.1. The van der Waals surface area contributed by atoms with Gasteiger partial charge in [-0.2, -0.15) is 12.6 Å². The van der Waals surface area contributed by atoms with E-state index in [1.54, 1.807) is 0 Å².